The third-order valence-electron chi connectivity index (χ3n) is 8.49. The molecule has 4 rings (SSSR count). The Kier molecular flexibility index (Phi) is 10.2. The van der Waals surface area contributed by atoms with E-state index >= 15 is 0 Å². The number of aliphatic hydroxyl groups excluding tert-OH is 1. The zero-order chi connectivity index (χ0) is 28.9. The van der Waals surface area contributed by atoms with Crippen LogP contribution in [0.15, 0.2) is 34.9 Å². The molecule has 1 aromatic rings. The standard InChI is InChI=1S/C29H42F3N5O3/c1-19-15-25(40-14-5-4-9-33-10-13-38)20(2)21(3)26(19)24-8-6-7-23-18-36(11-12-37(23)24)27(39)22-16-34-28(35-17-22)29(30,31)32/h16-17,19,23-24,33,38H,4-15,18H2,1-3H3/t19?,23?,24-/m1/s1. The molecule has 0 aromatic carbocycles. The lowest BCUT2D eigenvalue weighted by Gasteiger charge is -2.50. The molecule has 2 fully saturated rings. The van der Waals surface area contributed by atoms with Crippen molar-refractivity contribution in [1.29, 1.82) is 0 Å². The lowest BCUT2D eigenvalue weighted by Crippen LogP contribution is -2.60. The summed E-state index contributed by atoms with van der Waals surface area (Å²) in [7, 11) is 0. The number of halogens is 3. The van der Waals surface area contributed by atoms with E-state index in [1.165, 1.54) is 16.7 Å². The third-order valence-corrected chi connectivity index (χ3v) is 8.49. The summed E-state index contributed by atoms with van der Waals surface area (Å²) in [6, 6.07) is 0.523. The number of rotatable bonds is 10. The van der Waals surface area contributed by atoms with Crippen LogP contribution in [0, 0.1) is 5.92 Å². The van der Waals surface area contributed by atoms with Crippen molar-refractivity contribution in [3.05, 3.63) is 46.3 Å². The fourth-order valence-electron chi connectivity index (χ4n) is 6.37. The van der Waals surface area contributed by atoms with E-state index < -0.39 is 12.0 Å². The van der Waals surface area contributed by atoms with Gasteiger partial charge < -0.3 is 20.1 Å². The van der Waals surface area contributed by atoms with E-state index in [2.05, 4.69) is 41.0 Å². The molecular weight excluding hydrogens is 523 g/mol. The number of hydrogen-bond donors (Lipinski definition) is 2. The van der Waals surface area contributed by atoms with Gasteiger partial charge in [-0.05, 0) is 75.1 Å². The molecule has 8 nitrogen and oxygen atoms in total. The van der Waals surface area contributed by atoms with Gasteiger partial charge in [0.1, 0.15) is 0 Å². The molecule has 2 saturated heterocycles. The van der Waals surface area contributed by atoms with Crippen LogP contribution in [0.1, 0.15) is 75.5 Å². The fourth-order valence-corrected chi connectivity index (χ4v) is 6.37. The summed E-state index contributed by atoms with van der Waals surface area (Å²) in [5.41, 5.74) is 4.09. The Hall–Kier alpha value is -2.50. The van der Waals surface area contributed by atoms with Crippen molar-refractivity contribution in [2.24, 2.45) is 5.92 Å². The van der Waals surface area contributed by atoms with E-state index in [0.29, 0.717) is 38.2 Å². The number of unbranched alkanes of at least 4 members (excludes halogenated alkanes) is 1. The van der Waals surface area contributed by atoms with Gasteiger partial charge in [-0.2, -0.15) is 13.2 Å². The number of amides is 1. The van der Waals surface area contributed by atoms with E-state index in [1.807, 2.05) is 0 Å². The Labute approximate surface area is 234 Å². The maximum Gasteiger partial charge on any atom is 0.451 e. The number of alkyl halides is 3. The van der Waals surface area contributed by atoms with Crippen LogP contribution in [0.3, 0.4) is 0 Å². The van der Waals surface area contributed by atoms with Crippen LogP contribution in [-0.2, 0) is 10.9 Å². The smallest absolute Gasteiger partial charge is 0.451 e. The number of aliphatic hydroxyl groups is 1. The minimum Gasteiger partial charge on any atom is -0.498 e. The number of hydrogen-bond acceptors (Lipinski definition) is 7. The van der Waals surface area contributed by atoms with Gasteiger partial charge in [-0.15, -0.1) is 0 Å². The zero-order valence-corrected chi connectivity index (χ0v) is 23.8. The van der Waals surface area contributed by atoms with Gasteiger partial charge in [0.25, 0.3) is 5.91 Å². The summed E-state index contributed by atoms with van der Waals surface area (Å²) < 4.78 is 44.7. The second-order valence-corrected chi connectivity index (χ2v) is 11.1. The van der Waals surface area contributed by atoms with Crippen LogP contribution >= 0.6 is 0 Å². The number of piperidine rings is 1. The van der Waals surface area contributed by atoms with Crippen molar-refractivity contribution < 1.29 is 27.8 Å². The van der Waals surface area contributed by atoms with Gasteiger partial charge in [-0.25, -0.2) is 9.97 Å². The average Bonchev–Trinajstić information content (AvgIpc) is 2.94. The Balaban J connectivity index is 1.39. The second kappa shape index (κ2) is 13.4. The number of piperazine rings is 1. The summed E-state index contributed by atoms with van der Waals surface area (Å²) in [6.07, 6.45) is 3.32. The molecule has 2 aliphatic heterocycles. The number of nitrogens with one attached hydrogen (secondary N) is 1. The van der Waals surface area contributed by atoms with Gasteiger partial charge in [-0.3, -0.25) is 9.69 Å². The number of aromatic nitrogens is 2. The number of carbonyl (C=O) groups excluding carboxylic acids is 1. The highest BCUT2D eigenvalue weighted by Gasteiger charge is 2.41. The number of carbonyl (C=O) groups is 1. The fraction of sp³-hybridized carbons (Fsp3) is 0.690. The summed E-state index contributed by atoms with van der Waals surface area (Å²) in [5, 5.41) is 12.0. The highest BCUT2D eigenvalue weighted by Crippen LogP contribution is 2.42. The Bertz CT molecular complexity index is 1090. The van der Waals surface area contributed by atoms with Crippen LogP contribution in [0.4, 0.5) is 13.2 Å². The zero-order valence-electron chi connectivity index (χ0n) is 23.8. The molecule has 0 bridgehead atoms. The van der Waals surface area contributed by atoms with Crippen molar-refractivity contribution in [2.45, 2.75) is 77.6 Å². The molecule has 222 valence electrons. The molecule has 3 heterocycles. The lowest BCUT2D eigenvalue weighted by molar-refractivity contribution is -0.145. The van der Waals surface area contributed by atoms with Crippen molar-refractivity contribution in [1.82, 2.24) is 25.1 Å². The second-order valence-electron chi connectivity index (χ2n) is 11.1. The largest absolute Gasteiger partial charge is 0.498 e. The molecular formula is C29H42F3N5O3. The maximum atomic E-state index is 13.1. The molecule has 1 aromatic heterocycles. The maximum absolute atomic E-state index is 13.1. The molecule has 1 aliphatic carbocycles. The summed E-state index contributed by atoms with van der Waals surface area (Å²) in [6.45, 7) is 10.8. The van der Waals surface area contributed by atoms with E-state index in [9.17, 15) is 18.0 Å². The van der Waals surface area contributed by atoms with Crippen LogP contribution < -0.4 is 5.32 Å². The van der Waals surface area contributed by atoms with E-state index in [1.54, 1.807) is 4.90 Å². The predicted octanol–water partition coefficient (Wildman–Crippen LogP) is 4.18. The third kappa shape index (κ3) is 7.03. The van der Waals surface area contributed by atoms with E-state index in [-0.39, 0.29) is 24.1 Å². The topological polar surface area (TPSA) is 90.8 Å². The lowest BCUT2D eigenvalue weighted by atomic mass is 9.76. The van der Waals surface area contributed by atoms with Gasteiger partial charge in [0.15, 0.2) is 0 Å². The minimum absolute atomic E-state index is 0.0861. The summed E-state index contributed by atoms with van der Waals surface area (Å²) in [4.78, 5) is 24.1. The Morgan fingerprint density at radius 1 is 1.12 bits per heavy atom. The van der Waals surface area contributed by atoms with E-state index in [0.717, 1.165) is 69.8 Å². The Morgan fingerprint density at radius 3 is 2.58 bits per heavy atom. The molecule has 2 unspecified atom stereocenters. The molecule has 0 spiro atoms. The monoisotopic (exact) mass is 565 g/mol. The number of ether oxygens (including phenoxy) is 1. The molecule has 0 radical (unpaired) electrons. The molecule has 11 heteroatoms. The Morgan fingerprint density at radius 2 is 1.88 bits per heavy atom. The summed E-state index contributed by atoms with van der Waals surface area (Å²) >= 11 is 0. The first-order valence-electron chi connectivity index (χ1n) is 14.4. The average molecular weight is 566 g/mol. The number of allylic oxidation sites excluding steroid dienone is 3. The highest BCUT2D eigenvalue weighted by molar-refractivity contribution is 5.93. The van der Waals surface area contributed by atoms with Gasteiger partial charge >= 0.3 is 6.18 Å². The van der Waals surface area contributed by atoms with Gasteiger partial charge in [0, 0.05) is 57.1 Å². The van der Waals surface area contributed by atoms with Crippen LogP contribution in [0.25, 0.3) is 0 Å². The van der Waals surface area contributed by atoms with Crippen molar-refractivity contribution >= 4 is 5.91 Å². The van der Waals surface area contributed by atoms with Crippen LogP contribution in [0.5, 0.6) is 0 Å². The highest BCUT2D eigenvalue weighted by atomic mass is 19.4. The molecule has 40 heavy (non-hydrogen) atoms. The molecule has 1 amide bonds. The van der Waals surface area contributed by atoms with Crippen molar-refractivity contribution in [3.63, 3.8) is 0 Å². The summed E-state index contributed by atoms with van der Waals surface area (Å²) in [5.74, 6) is -0.114. The number of fused-ring (bicyclic) bond motifs is 1. The van der Waals surface area contributed by atoms with Crippen LogP contribution in [0.2, 0.25) is 0 Å². The van der Waals surface area contributed by atoms with Gasteiger partial charge in [-0.1, -0.05) is 6.92 Å². The molecule has 0 saturated carbocycles. The molecule has 2 N–H and O–H groups in total. The van der Waals surface area contributed by atoms with E-state index in [4.69, 9.17) is 9.84 Å². The first-order chi connectivity index (χ1) is 19.1. The van der Waals surface area contributed by atoms with Gasteiger partial charge in [0.05, 0.1) is 24.5 Å². The van der Waals surface area contributed by atoms with Gasteiger partial charge in [0.2, 0.25) is 5.82 Å². The normalized spacial score (nSPS) is 24.4. The minimum atomic E-state index is -4.63. The quantitative estimate of drug-likeness (QED) is 0.412. The SMILES string of the molecule is CC1=C(OCCCCNCCO)CC(C)C([C@H]2CCCC3CN(C(=O)c4cnc(C(F)(F)F)nc4)CCN32)=C1C. The molecule has 3 atom stereocenters. The first-order valence-corrected chi connectivity index (χ1v) is 14.4. The number of nitrogens with zero attached hydrogens (tertiary/aromatic N) is 4. The predicted molar refractivity (Wildman–Crippen MR) is 145 cm³/mol. The van der Waals surface area contributed by atoms with Crippen molar-refractivity contribution in [3.8, 4) is 0 Å². The molecule has 3 aliphatic rings. The van der Waals surface area contributed by atoms with Crippen molar-refractivity contribution in [2.75, 3.05) is 45.9 Å². The van der Waals surface area contributed by atoms with Crippen LogP contribution in [-0.4, -0.2) is 88.8 Å². The first kappa shape index (κ1) is 30.5.